The van der Waals surface area contributed by atoms with Crippen LogP contribution in [0.1, 0.15) is 31.9 Å². The molecule has 170 valence electrons. The molecule has 8 heteroatoms. The summed E-state index contributed by atoms with van der Waals surface area (Å²) in [6.45, 7) is 6.36. The number of aromatic nitrogens is 1. The van der Waals surface area contributed by atoms with Gasteiger partial charge in [-0.05, 0) is 47.4 Å². The van der Waals surface area contributed by atoms with E-state index in [-0.39, 0.29) is 21.9 Å². The highest BCUT2D eigenvalue weighted by Crippen LogP contribution is 2.24. The Morgan fingerprint density at radius 2 is 1.61 bits per heavy atom. The molecule has 0 amide bonds. The third kappa shape index (κ3) is 5.72. The first kappa shape index (κ1) is 23.9. The van der Waals surface area contributed by atoms with Crippen molar-refractivity contribution in [2.75, 3.05) is 12.4 Å². The van der Waals surface area contributed by atoms with Gasteiger partial charge in [-0.25, -0.2) is 0 Å². The van der Waals surface area contributed by atoms with E-state index >= 15 is 0 Å². The van der Waals surface area contributed by atoms with Crippen LogP contribution in [0.5, 0.6) is 5.75 Å². The van der Waals surface area contributed by atoms with Crippen molar-refractivity contribution in [2.24, 2.45) is 0 Å². The number of thiocarbonyl (C=S) groups is 1. The monoisotopic (exact) mass is 464 g/mol. The number of methoxy groups -OCH3 is 1. The number of benzene rings is 2. The molecule has 0 atom stereocenters. The zero-order valence-electron chi connectivity index (χ0n) is 18.9. The van der Waals surface area contributed by atoms with Crippen molar-refractivity contribution in [3.8, 4) is 5.75 Å². The summed E-state index contributed by atoms with van der Waals surface area (Å²) in [5, 5.41) is 25.3. The van der Waals surface area contributed by atoms with E-state index in [9.17, 15) is 15.2 Å². The first-order valence-corrected chi connectivity index (χ1v) is 10.7. The Morgan fingerprint density at radius 1 is 1.03 bits per heavy atom. The second-order valence-corrected chi connectivity index (χ2v) is 8.84. The van der Waals surface area contributed by atoms with Gasteiger partial charge in [-0.3, -0.25) is 10.1 Å². The maximum Gasteiger partial charge on any atom is 0.288 e. The van der Waals surface area contributed by atoms with E-state index in [4.69, 9.17) is 17.0 Å². The average Bonchev–Trinajstić information content (AvgIpc) is 2.79. The van der Waals surface area contributed by atoms with E-state index in [1.807, 2.05) is 36.7 Å². The van der Waals surface area contributed by atoms with Gasteiger partial charge in [0, 0.05) is 35.5 Å². The molecule has 0 spiro atoms. The summed E-state index contributed by atoms with van der Waals surface area (Å²) in [7, 11) is 1.59. The molecule has 1 aromatic heterocycles. The third-order valence-electron chi connectivity index (χ3n) is 5.09. The van der Waals surface area contributed by atoms with Gasteiger partial charge in [0.15, 0.2) is 23.1 Å². The van der Waals surface area contributed by atoms with Crippen molar-refractivity contribution in [3.05, 3.63) is 94.3 Å². The normalized spacial score (nSPS) is 12.0. The number of non-ortho nitro benzene ring substituents is 1. The smallest absolute Gasteiger partial charge is 0.288 e. The highest BCUT2D eigenvalue weighted by Gasteiger charge is 2.25. The van der Waals surface area contributed by atoms with Crippen LogP contribution in [0.2, 0.25) is 0 Å². The van der Waals surface area contributed by atoms with Crippen molar-refractivity contribution in [1.82, 2.24) is 0 Å². The SMILES string of the molecule is COc1ccc(NC(=S)/C(=C(\O)c2ccc([N+](=O)[O-])cc2)[n+]2ccc(C(C)(C)C)cc2)cc1. The minimum absolute atomic E-state index is 0.0365. The van der Waals surface area contributed by atoms with E-state index in [0.29, 0.717) is 17.0 Å². The fraction of sp³-hybridized carbons (Fsp3) is 0.200. The molecule has 2 aromatic carbocycles. The number of hydrogen-bond donors (Lipinski definition) is 2. The Morgan fingerprint density at radius 3 is 2.09 bits per heavy atom. The maximum absolute atomic E-state index is 11.2. The van der Waals surface area contributed by atoms with Gasteiger partial charge in [0.1, 0.15) is 5.75 Å². The summed E-state index contributed by atoms with van der Waals surface area (Å²) >= 11 is 5.66. The number of pyridine rings is 1. The Kier molecular flexibility index (Phi) is 7.08. The van der Waals surface area contributed by atoms with Crippen LogP contribution >= 0.6 is 12.2 Å². The average molecular weight is 465 g/mol. The fourth-order valence-electron chi connectivity index (χ4n) is 3.16. The molecule has 33 heavy (non-hydrogen) atoms. The zero-order chi connectivity index (χ0) is 24.2. The molecule has 0 saturated heterocycles. The number of nitrogens with zero attached hydrogens (tertiary/aromatic N) is 2. The van der Waals surface area contributed by atoms with Crippen LogP contribution in [-0.2, 0) is 5.41 Å². The number of anilines is 1. The standard InChI is InChI=1S/C25H25N3O4S/c1-25(2,3)18-13-15-27(16-14-18)22(23(29)17-5-9-20(10-6-17)28(30)31)24(33)26-19-7-11-21(32-4)12-8-19/h5-16H,1-4H3,(H-,26,29,33)/p+1. The zero-order valence-corrected chi connectivity index (χ0v) is 19.7. The Balaban J connectivity index is 2.05. The van der Waals surface area contributed by atoms with Gasteiger partial charge in [-0.1, -0.05) is 33.0 Å². The quantitative estimate of drug-likeness (QED) is 0.125. The minimum Gasteiger partial charge on any atom is -0.502 e. The summed E-state index contributed by atoms with van der Waals surface area (Å²) in [5.41, 5.74) is 2.50. The molecular weight excluding hydrogens is 438 g/mol. The summed E-state index contributed by atoms with van der Waals surface area (Å²) in [5.74, 6) is 0.604. The molecule has 0 aliphatic rings. The highest BCUT2D eigenvalue weighted by molar-refractivity contribution is 7.81. The Labute approximate surface area is 198 Å². The Hall–Kier alpha value is -3.78. The van der Waals surface area contributed by atoms with E-state index in [2.05, 4.69) is 26.1 Å². The van der Waals surface area contributed by atoms with E-state index in [1.165, 1.54) is 24.3 Å². The van der Waals surface area contributed by atoms with Crippen LogP contribution in [0.15, 0.2) is 73.1 Å². The second-order valence-electron chi connectivity index (χ2n) is 8.43. The molecule has 0 fully saturated rings. The summed E-state index contributed by atoms with van der Waals surface area (Å²) in [6, 6.07) is 16.9. The van der Waals surface area contributed by atoms with Gasteiger partial charge in [0.2, 0.25) is 0 Å². The second kappa shape index (κ2) is 9.79. The first-order valence-electron chi connectivity index (χ1n) is 10.3. The van der Waals surface area contributed by atoms with E-state index < -0.39 is 4.92 Å². The molecule has 0 radical (unpaired) electrons. The summed E-state index contributed by atoms with van der Waals surface area (Å²) in [6.07, 6.45) is 3.67. The number of aliphatic hydroxyl groups is 1. The van der Waals surface area contributed by atoms with Crippen LogP contribution in [0.3, 0.4) is 0 Å². The predicted octanol–water partition coefficient (Wildman–Crippen LogP) is 5.51. The molecule has 3 rings (SSSR count). The Bertz CT molecular complexity index is 1180. The number of nitro benzene ring substituents is 1. The molecule has 1 heterocycles. The van der Waals surface area contributed by atoms with Crippen molar-refractivity contribution in [2.45, 2.75) is 26.2 Å². The van der Waals surface area contributed by atoms with Crippen LogP contribution in [0.4, 0.5) is 11.4 Å². The lowest BCUT2D eigenvalue weighted by Gasteiger charge is -2.18. The van der Waals surface area contributed by atoms with Crippen molar-refractivity contribution in [1.29, 1.82) is 0 Å². The topological polar surface area (TPSA) is 88.5 Å². The number of nitrogens with one attached hydrogen (secondary N) is 1. The van der Waals surface area contributed by atoms with Gasteiger partial charge in [0.25, 0.3) is 11.4 Å². The van der Waals surface area contributed by atoms with Crippen LogP contribution in [-0.4, -0.2) is 22.1 Å². The molecule has 3 aromatic rings. The maximum atomic E-state index is 11.2. The summed E-state index contributed by atoms with van der Waals surface area (Å²) < 4.78 is 6.92. The minimum atomic E-state index is -0.485. The number of aliphatic hydroxyl groups excluding tert-OH is 1. The molecule has 7 nitrogen and oxygen atoms in total. The lowest BCUT2D eigenvalue weighted by molar-refractivity contribution is -0.575. The number of ether oxygens (including phenoxy) is 1. The third-order valence-corrected chi connectivity index (χ3v) is 5.39. The van der Waals surface area contributed by atoms with Crippen LogP contribution in [0.25, 0.3) is 11.5 Å². The van der Waals surface area contributed by atoms with Crippen molar-refractivity contribution >= 4 is 40.0 Å². The fourth-order valence-corrected chi connectivity index (χ4v) is 3.48. The van der Waals surface area contributed by atoms with Gasteiger partial charge < -0.3 is 15.2 Å². The van der Waals surface area contributed by atoms with E-state index in [0.717, 1.165) is 11.3 Å². The van der Waals surface area contributed by atoms with Gasteiger partial charge >= 0.3 is 0 Å². The van der Waals surface area contributed by atoms with Crippen LogP contribution < -0.4 is 14.6 Å². The van der Waals surface area contributed by atoms with E-state index in [1.54, 1.807) is 23.8 Å². The first-order chi connectivity index (χ1) is 15.6. The molecule has 0 saturated carbocycles. The number of nitro groups is 1. The number of rotatable bonds is 6. The summed E-state index contributed by atoms with van der Waals surface area (Å²) in [4.78, 5) is 10.8. The lowest BCUT2D eigenvalue weighted by atomic mass is 9.88. The van der Waals surface area contributed by atoms with Gasteiger partial charge in [-0.15, -0.1) is 0 Å². The van der Waals surface area contributed by atoms with Gasteiger partial charge in [-0.2, -0.15) is 4.57 Å². The molecule has 0 aliphatic carbocycles. The predicted molar refractivity (Wildman–Crippen MR) is 133 cm³/mol. The van der Waals surface area contributed by atoms with Crippen molar-refractivity contribution in [3.63, 3.8) is 0 Å². The van der Waals surface area contributed by atoms with Gasteiger partial charge in [0.05, 0.1) is 12.0 Å². The molecular formula is C25H26N3O4S+. The molecule has 0 unspecified atom stereocenters. The molecule has 0 aliphatic heterocycles. The highest BCUT2D eigenvalue weighted by atomic mass is 32.1. The molecule has 2 N–H and O–H groups in total. The number of hydrogen-bond acceptors (Lipinski definition) is 5. The largest absolute Gasteiger partial charge is 0.502 e. The molecule has 0 bridgehead atoms. The van der Waals surface area contributed by atoms with Crippen molar-refractivity contribution < 1.29 is 19.3 Å². The lowest BCUT2D eigenvalue weighted by Crippen LogP contribution is -2.39. The van der Waals surface area contributed by atoms with Crippen LogP contribution in [0, 0.1) is 10.1 Å².